The van der Waals surface area contributed by atoms with E-state index >= 15 is 0 Å². The number of hydrogen-bond acceptors (Lipinski definition) is 3. The molecule has 0 saturated carbocycles. The van der Waals surface area contributed by atoms with E-state index in [1.165, 1.54) is 0 Å². The maximum Gasteiger partial charge on any atom is 0.303 e. The summed E-state index contributed by atoms with van der Waals surface area (Å²) in [5.41, 5.74) is 0.670. The molecule has 0 amide bonds. The van der Waals surface area contributed by atoms with Crippen LogP contribution in [0.15, 0.2) is 22.7 Å². The monoisotopic (exact) mass is 316 g/mol. The van der Waals surface area contributed by atoms with E-state index in [1.807, 2.05) is 13.0 Å². The molecule has 2 N–H and O–H groups in total. The van der Waals surface area contributed by atoms with Gasteiger partial charge in [-0.15, -0.1) is 0 Å². The highest BCUT2D eigenvalue weighted by Gasteiger charge is 2.18. The number of aliphatic carboxylic acids is 1. The zero-order chi connectivity index (χ0) is 13.7. The van der Waals surface area contributed by atoms with Gasteiger partial charge in [-0.1, -0.05) is 22.9 Å². The summed E-state index contributed by atoms with van der Waals surface area (Å²) in [5, 5.41) is 18.8. The average molecular weight is 317 g/mol. The van der Waals surface area contributed by atoms with Crippen LogP contribution in [0.4, 0.5) is 0 Å². The van der Waals surface area contributed by atoms with Gasteiger partial charge in [0, 0.05) is 16.5 Å². The molecule has 0 aromatic heterocycles. The highest BCUT2D eigenvalue weighted by atomic mass is 79.9. The number of rotatable bonds is 6. The number of ether oxygens (including phenoxy) is 1. The van der Waals surface area contributed by atoms with Crippen molar-refractivity contribution in [3.63, 3.8) is 0 Å². The summed E-state index contributed by atoms with van der Waals surface area (Å²) in [7, 11) is 1.54. The predicted molar refractivity (Wildman–Crippen MR) is 71.7 cm³/mol. The lowest BCUT2D eigenvalue weighted by molar-refractivity contribution is -0.138. The number of carboxylic acid groups (broad SMARTS) is 1. The summed E-state index contributed by atoms with van der Waals surface area (Å²) in [5.74, 6) is -0.342. The normalized spacial score (nSPS) is 14.0. The molecular formula is C13H17BrO4. The summed E-state index contributed by atoms with van der Waals surface area (Å²) >= 11 is 3.34. The second kappa shape index (κ2) is 6.75. The fraction of sp³-hybridized carbons (Fsp3) is 0.462. The summed E-state index contributed by atoms with van der Waals surface area (Å²) in [6, 6.07) is 5.39. The molecule has 2 unspecified atom stereocenters. The topological polar surface area (TPSA) is 66.8 Å². The molecule has 1 aromatic carbocycles. The first-order valence-corrected chi connectivity index (χ1v) is 6.46. The average Bonchev–Trinajstić information content (AvgIpc) is 2.27. The minimum Gasteiger partial charge on any atom is -0.496 e. The Morgan fingerprint density at radius 3 is 2.72 bits per heavy atom. The molecule has 18 heavy (non-hydrogen) atoms. The van der Waals surface area contributed by atoms with E-state index in [2.05, 4.69) is 15.9 Å². The van der Waals surface area contributed by atoms with Crippen LogP contribution in [0.3, 0.4) is 0 Å². The van der Waals surface area contributed by atoms with Gasteiger partial charge in [-0.2, -0.15) is 0 Å². The van der Waals surface area contributed by atoms with Crippen LogP contribution in [0.1, 0.15) is 31.4 Å². The quantitative estimate of drug-likeness (QED) is 0.846. The molecule has 0 aliphatic heterocycles. The van der Waals surface area contributed by atoms with Crippen molar-refractivity contribution in [3.8, 4) is 5.75 Å². The van der Waals surface area contributed by atoms with Crippen molar-refractivity contribution in [3.05, 3.63) is 28.2 Å². The van der Waals surface area contributed by atoms with E-state index in [1.54, 1.807) is 19.2 Å². The second-order valence-corrected chi connectivity index (χ2v) is 5.26. The molecule has 0 spiro atoms. The van der Waals surface area contributed by atoms with Crippen LogP contribution < -0.4 is 4.74 Å². The Morgan fingerprint density at radius 2 is 2.17 bits per heavy atom. The zero-order valence-corrected chi connectivity index (χ0v) is 12.0. The standard InChI is InChI=1S/C13H17BrO4/c1-8(6-13(16)17)5-11(15)10-7-9(14)3-4-12(10)18-2/h3-4,7-8,11,15H,5-6H2,1-2H3,(H,16,17). The Hall–Kier alpha value is -1.07. The van der Waals surface area contributed by atoms with Gasteiger partial charge in [0.05, 0.1) is 13.2 Å². The van der Waals surface area contributed by atoms with Gasteiger partial charge in [-0.25, -0.2) is 0 Å². The van der Waals surface area contributed by atoms with Crippen LogP contribution in [0.2, 0.25) is 0 Å². The zero-order valence-electron chi connectivity index (χ0n) is 10.4. The minimum absolute atomic E-state index is 0.0490. The molecule has 0 radical (unpaired) electrons. The van der Waals surface area contributed by atoms with Crippen molar-refractivity contribution in [1.29, 1.82) is 0 Å². The molecule has 0 aliphatic carbocycles. The van der Waals surface area contributed by atoms with E-state index in [0.717, 1.165) is 4.47 Å². The molecule has 0 bridgehead atoms. The Kier molecular flexibility index (Phi) is 5.62. The minimum atomic E-state index is -0.851. The number of aliphatic hydroxyl groups excluding tert-OH is 1. The van der Waals surface area contributed by atoms with Gasteiger partial charge < -0.3 is 14.9 Å². The number of benzene rings is 1. The maximum absolute atomic E-state index is 10.6. The third-order valence-corrected chi connectivity index (χ3v) is 3.19. The molecule has 0 saturated heterocycles. The number of hydrogen-bond donors (Lipinski definition) is 2. The molecule has 0 fully saturated rings. The molecule has 100 valence electrons. The van der Waals surface area contributed by atoms with Gasteiger partial charge in [0.15, 0.2) is 0 Å². The van der Waals surface area contributed by atoms with Crippen molar-refractivity contribution in [2.45, 2.75) is 25.9 Å². The van der Waals surface area contributed by atoms with E-state index in [9.17, 15) is 9.90 Å². The van der Waals surface area contributed by atoms with Crippen molar-refractivity contribution in [1.82, 2.24) is 0 Å². The highest BCUT2D eigenvalue weighted by Crippen LogP contribution is 2.32. The largest absolute Gasteiger partial charge is 0.496 e. The summed E-state index contributed by atoms with van der Waals surface area (Å²) in [6.07, 6.45) is -0.293. The molecule has 5 heteroatoms. The fourth-order valence-electron chi connectivity index (χ4n) is 1.86. The molecule has 0 aliphatic rings. The first kappa shape index (κ1) is 15.0. The van der Waals surface area contributed by atoms with Crippen LogP contribution in [-0.2, 0) is 4.79 Å². The molecular weight excluding hydrogens is 300 g/mol. The van der Waals surface area contributed by atoms with Gasteiger partial charge in [-0.3, -0.25) is 4.79 Å². The van der Waals surface area contributed by atoms with Crippen LogP contribution in [0.5, 0.6) is 5.75 Å². The highest BCUT2D eigenvalue weighted by molar-refractivity contribution is 9.10. The van der Waals surface area contributed by atoms with E-state index in [0.29, 0.717) is 17.7 Å². The number of carboxylic acids is 1. The first-order chi connectivity index (χ1) is 8.43. The van der Waals surface area contributed by atoms with Crippen LogP contribution in [0, 0.1) is 5.92 Å². The van der Waals surface area contributed by atoms with Crippen molar-refractivity contribution < 1.29 is 19.7 Å². The third kappa shape index (κ3) is 4.31. The van der Waals surface area contributed by atoms with Gasteiger partial charge in [0.2, 0.25) is 0 Å². The van der Waals surface area contributed by atoms with Crippen molar-refractivity contribution in [2.75, 3.05) is 7.11 Å². The Morgan fingerprint density at radius 1 is 1.50 bits per heavy atom. The van der Waals surface area contributed by atoms with Gasteiger partial charge in [0.1, 0.15) is 5.75 Å². The Bertz CT molecular complexity index is 419. The third-order valence-electron chi connectivity index (χ3n) is 2.70. The molecule has 1 aromatic rings. The van der Waals surface area contributed by atoms with Crippen LogP contribution >= 0.6 is 15.9 Å². The fourth-order valence-corrected chi connectivity index (χ4v) is 2.23. The summed E-state index contributed by atoms with van der Waals surface area (Å²) in [6.45, 7) is 1.81. The second-order valence-electron chi connectivity index (χ2n) is 4.34. The molecule has 4 nitrogen and oxygen atoms in total. The molecule has 0 heterocycles. The van der Waals surface area contributed by atoms with E-state index < -0.39 is 12.1 Å². The van der Waals surface area contributed by atoms with E-state index in [4.69, 9.17) is 9.84 Å². The van der Waals surface area contributed by atoms with Crippen LogP contribution in [-0.4, -0.2) is 23.3 Å². The van der Waals surface area contributed by atoms with Gasteiger partial charge >= 0.3 is 5.97 Å². The smallest absolute Gasteiger partial charge is 0.303 e. The van der Waals surface area contributed by atoms with Crippen LogP contribution in [0.25, 0.3) is 0 Å². The van der Waals surface area contributed by atoms with E-state index in [-0.39, 0.29) is 12.3 Å². The first-order valence-electron chi connectivity index (χ1n) is 5.67. The molecule has 1 rings (SSSR count). The molecule has 2 atom stereocenters. The Labute approximate surface area is 115 Å². The number of carbonyl (C=O) groups is 1. The SMILES string of the molecule is COc1ccc(Br)cc1C(O)CC(C)CC(=O)O. The lowest BCUT2D eigenvalue weighted by Crippen LogP contribution is -2.10. The summed E-state index contributed by atoms with van der Waals surface area (Å²) in [4.78, 5) is 10.6. The summed E-state index contributed by atoms with van der Waals surface area (Å²) < 4.78 is 6.04. The number of methoxy groups -OCH3 is 1. The lowest BCUT2D eigenvalue weighted by Gasteiger charge is -2.18. The van der Waals surface area contributed by atoms with Crippen molar-refractivity contribution >= 4 is 21.9 Å². The van der Waals surface area contributed by atoms with Crippen molar-refractivity contribution in [2.24, 2.45) is 5.92 Å². The maximum atomic E-state index is 10.6. The number of halogens is 1. The lowest BCUT2D eigenvalue weighted by atomic mass is 9.95. The van der Waals surface area contributed by atoms with Gasteiger partial charge in [0.25, 0.3) is 0 Å². The van der Waals surface area contributed by atoms with Gasteiger partial charge in [-0.05, 0) is 30.5 Å². The number of aliphatic hydroxyl groups is 1. The Balaban J connectivity index is 2.79. The predicted octanol–water partition coefficient (Wildman–Crippen LogP) is 2.99.